The van der Waals surface area contributed by atoms with Gasteiger partial charge in [-0.1, -0.05) is 6.58 Å². The third kappa shape index (κ3) is 2.52. The van der Waals surface area contributed by atoms with Gasteiger partial charge < -0.3 is 10.5 Å². The summed E-state index contributed by atoms with van der Waals surface area (Å²) in [6.07, 6.45) is 0.266. The predicted molar refractivity (Wildman–Crippen MR) is 45.2 cm³/mol. The van der Waals surface area contributed by atoms with Crippen LogP contribution in [0.2, 0.25) is 0 Å². The molecule has 1 saturated heterocycles. The second-order valence-electron chi connectivity index (χ2n) is 2.99. The van der Waals surface area contributed by atoms with Gasteiger partial charge in [0.25, 0.3) is 0 Å². The predicted octanol–water partition coefficient (Wildman–Crippen LogP) is 0.179. The molecule has 3 heteroatoms. The molecule has 0 amide bonds. The van der Waals surface area contributed by atoms with Crippen LogP contribution in [0, 0.1) is 0 Å². The molecule has 3 nitrogen and oxygen atoms in total. The molecule has 0 bridgehead atoms. The van der Waals surface area contributed by atoms with Gasteiger partial charge in [-0.15, -0.1) is 0 Å². The maximum atomic E-state index is 5.44. The lowest BCUT2D eigenvalue weighted by atomic mass is 10.3. The maximum Gasteiger partial charge on any atom is 0.108 e. The minimum Gasteiger partial charge on any atom is -0.493 e. The maximum absolute atomic E-state index is 5.44. The molecule has 64 valence electrons. The van der Waals surface area contributed by atoms with Crippen molar-refractivity contribution >= 4 is 0 Å². The first kappa shape index (κ1) is 8.56. The lowest BCUT2D eigenvalue weighted by molar-refractivity contribution is 0.0357. The van der Waals surface area contributed by atoms with Crippen molar-refractivity contribution in [3.05, 3.63) is 12.3 Å². The Morgan fingerprint density at radius 3 is 3.09 bits per heavy atom. The first-order valence-corrected chi connectivity index (χ1v) is 3.99. The van der Waals surface area contributed by atoms with E-state index in [0.29, 0.717) is 6.54 Å². The van der Waals surface area contributed by atoms with Crippen LogP contribution in [0.5, 0.6) is 0 Å². The molecule has 0 aliphatic carbocycles. The van der Waals surface area contributed by atoms with E-state index < -0.39 is 0 Å². The normalized spacial score (nSPS) is 26.7. The minimum atomic E-state index is 0.266. The zero-order chi connectivity index (χ0) is 8.27. The van der Waals surface area contributed by atoms with E-state index in [0.717, 1.165) is 25.4 Å². The average Bonchev–Trinajstić information content (AvgIpc) is 1.85. The van der Waals surface area contributed by atoms with Crippen molar-refractivity contribution in [2.24, 2.45) is 5.73 Å². The Morgan fingerprint density at radius 2 is 2.55 bits per heavy atom. The second-order valence-corrected chi connectivity index (χ2v) is 2.99. The molecule has 1 rings (SSSR count). The molecular weight excluding hydrogens is 140 g/mol. The molecule has 1 aliphatic rings. The number of ether oxygens (including phenoxy) is 1. The number of hydrogen-bond donors (Lipinski definition) is 1. The van der Waals surface area contributed by atoms with Gasteiger partial charge in [0.1, 0.15) is 11.9 Å². The van der Waals surface area contributed by atoms with Crippen molar-refractivity contribution in [3.8, 4) is 0 Å². The molecule has 0 radical (unpaired) electrons. The molecule has 0 aromatic rings. The molecule has 11 heavy (non-hydrogen) atoms. The summed E-state index contributed by atoms with van der Waals surface area (Å²) >= 11 is 0. The van der Waals surface area contributed by atoms with Gasteiger partial charge in [-0.05, 0) is 6.92 Å². The van der Waals surface area contributed by atoms with Crippen LogP contribution < -0.4 is 5.73 Å². The van der Waals surface area contributed by atoms with Crippen LogP contribution in [0.25, 0.3) is 0 Å². The smallest absolute Gasteiger partial charge is 0.108 e. The Bertz CT molecular complexity index is 147. The van der Waals surface area contributed by atoms with E-state index in [9.17, 15) is 0 Å². The molecule has 0 unspecified atom stereocenters. The van der Waals surface area contributed by atoms with Crippen molar-refractivity contribution in [2.75, 3.05) is 26.2 Å². The molecule has 2 N–H and O–H groups in total. The summed E-state index contributed by atoms with van der Waals surface area (Å²) in [7, 11) is 0. The highest BCUT2D eigenvalue weighted by molar-refractivity contribution is 4.92. The van der Waals surface area contributed by atoms with Gasteiger partial charge >= 0.3 is 0 Å². The molecule has 0 aromatic heterocycles. The lowest BCUT2D eigenvalue weighted by Crippen LogP contribution is -2.41. The van der Waals surface area contributed by atoms with Gasteiger partial charge in [0.05, 0.1) is 6.54 Å². The van der Waals surface area contributed by atoms with Crippen molar-refractivity contribution in [1.82, 2.24) is 4.90 Å². The average molecular weight is 156 g/mol. The summed E-state index contributed by atoms with van der Waals surface area (Å²) < 4.78 is 5.39. The highest BCUT2D eigenvalue weighted by Crippen LogP contribution is 2.10. The van der Waals surface area contributed by atoms with Gasteiger partial charge in [0, 0.05) is 19.6 Å². The lowest BCUT2D eigenvalue weighted by Gasteiger charge is -2.32. The Kier molecular flexibility index (Phi) is 2.91. The monoisotopic (exact) mass is 156 g/mol. The van der Waals surface area contributed by atoms with Crippen molar-refractivity contribution in [2.45, 2.75) is 13.0 Å². The van der Waals surface area contributed by atoms with Crippen LogP contribution in [0.1, 0.15) is 6.92 Å². The zero-order valence-electron chi connectivity index (χ0n) is 7.05. The van der Waals surface area contributed by atoms with Gasteiger partial charge in [-0.25, -0.2) is 0 Å². The largest absolute Gasteiger partial charge is 0.493 e. The number of morpholine rings is 1. The summed E-state index contributed by atoms with van der Waals surface area (Å²) in [5.74, 6) is 0.859. The molecule has 1 atom stereocenters. The topological polar surface area (TPSA) is 38.5 Å². The third-order valence-electron chi connectivity index (χ3n) is 1.73. The summed E-state index contributed by atoms with van der Waals surface area (Å²) in [6.45, 7) is 9.29. The van der Waals surface area contributed by atoms with Gasteiger partial charge in [0.15, 0.2) is 0 Å². The van der Waals surface area contributed by atoms with E-state index in [1.165, 1.54) is 0 Å². The molecule has 1 aliphatic heterocycles. The second kappa shape index (κ2) is 3.74. The van der Waals surface area contributed by atoms with Gasteiger partial charge in [-0.3, -0.25) is 4.90 Å². The molecule has 0 spiro atoms. The summed E-state index contributed by atoms with van der Waals surface area (Å²) in [5, 5.41) is 0. The summed E-state index contributed by atoms with van der Waals surface area (Å²) in [4.78, 5) is 2.26. The van der Waals surface area contributed by atoms with E-state index in [1.54, 1.807) is 0 Å². The number of hydrogen-bond acceptors (Lipinski definition) is 3. The van der Waals surface area contributed by atoms with Crippen LogP contribution in [-0.2, 0) is 4.74 Å². The summed E-state index contributed by atoms with van der Waals surface area (Å²) in [6, 6.07) is 0. The van der Waals surface area contributed by atoms with Crippen molar-refractivity contribution < 1.29 is 4.74 Å². The highest BCUT2D eigenvalue weighted by atomic mass is 16.5. The van der Waals surface area contributed by atoms with E-state index in [1.807, 2.05) is 6.92 Å². The third-order valence-corrected chi connectivity index (χ3v) is 1.73. The first-order chi connectivity index (χ1) is 5.22. The van der Waals surface area contributed by atoms with Crippen molar-refractivity contribution in [1.29, 1.82) is 0 Å². The Morgan fingerprint density at radius 1 is 1.82 bits per heavy atom. The van der Waals surface area contributed by atoms with Crippen LogP contribution >= 0.6 is 0 Å². The van der Waals surface area contributed by atoms with Crippen LogP contribution in [0.15, 0.2) is 12.3 Å². The minimum absolute atomic E-state index is 0.266. The first-order valence-electron chi connectivity index (χ1n) is 3.99. The molecular formula is C8H16N2O. The fraction of sp³-hybridized carbons (Fsp3) is 0.750. The van der Waals surface area contributed by atoms with Gasteiger partial charge in [0.2, 0.25) is 0 Å². The molecule has 1 heterocycles. The van der Waals surface area contributed by atoms with Crippen LogP contribution in [0.3, 0.4) is 0 Å². The SMILES string of the molecule is C=C1CN(CCN)C[C@@H](C)O1. The number of rotatable bonds is 2. The van der Waals surface area contributed by atoms with E-state index >= 15 is 0 Å². The van der Waals surface area contributed by atoms with Crippen LogP contribution in [0.4, 0.5) is 0 Å². The van der Waals surface area contributed by atoms with E-state index in [-0.39, 0.29) is 6.10 Å². The van der Waals surface area contributed by atoms with Crippen LogP contribution in [-0.4, -0.2) is 37.2 Å². The fourth-order valence-corrected chi connectivity index (χ4v) is 1.39. The van der Waals surface area contributed by atoms with Gasteiger partial charge in [-0.2, -0.15) is 0 Å². The quantitative estimate of drug-likeness (QED) is 0.620. The van der Waals surface area contributed by atoms with Crippen molar-refractivity contribution in [3.63, 3.8) is 0 Å². The Balaban J connectivity index is 2.36. The zero-order valence-corrected chi connectivity index (χ0v) is 7.05. The molecule has 0 aromatic carbocycles. The number of nitrogens with zero attached hydrogens (tertiary/aromatic N) is 1. The number of nitrogens with two attached hydrogens (primary N) is 1. The highest BCUT2D eigenvalue weighted by Gasteiger charge is 2.18. The molecule has 0 saturated carbocycles. The fourth-order valence-electron chi connectivity index (χ4n) is 1.39. The summed E-state index contributed by atoms with van der Waals surface area (Å²) in [5.41, 5.74) is 5.44. The Labute approximate surface area is 67.8 Å². The molecule has 1 fully saturated rings. The van der Waals surface area contributed by atoms with E-state index in [4.69, 9.17) is 10.5 Å². The van der Waals surface area contributed by atoms with E-state index in [2.05, 4.69) is 11.5 Å². The standard InChI is InChI=1S/C8H16N2O/c1-7-5-10(4-3-9)6-8(2)11-7/h8H,1,3-6,9H2,2H3/t8-/m1/s1. The Hall–Kier alpha value is -0.540.